The molecule has 2 aliphatic heterocycles. The molecule has 2 saturated heterocycles. The van der Waals surface area contributed by atoms with E-state index in [0.717, 1.165) is 0 Å². The molecule has 0 bridgehead atoms. The zero-order chi connectivity index (χ0) is 21.2. The number of aromatic amines is 1. The number of nitrogens with two attached hydrogens (primary N) is 1. The lowest BCUT2D eigenvalue weighted by atomic mass is 9.90. The quantitative estimate of drug-likeness (QED) is 0.383. The van der Waals surface area contributed by atoms with Gasteiger partial charge in [0, 0.05) is 24.9 Å². The molecule has 2 fully saturated rings. The summed E-state index contributed by atoms with van der Waals surface area (Å²) < 4.78 is 0. The molecular weight excluding hydrogens is 378 g/mol. The molecule has 2 aliphatic rings. The molecule has 158 valence electrons. The van der Waals surface area contributed by atoms with Crippen LogP contribution in [-0.2, 0) is 20.8 Å². The number of primary amides is 1. The lowest BCUT2D eigenvalue weighted by molar-refractivity contribution is -0.141. The van der Waals surface area contributed by atoms with Crippen LogP contribution in [-0.4, -0.2) is 68.8 Å². The first-order valence-electron chi connectivity index (χ1n) is 9.71. The molecular formula is C18H27N7O4. The molecule has 29 heavy (non-hydrogen) atoms. The lowest BCUT2D eigenvalue weighted by Crippen LogP contribution is -2.59. The minimum absolute atomic E-state index is 0.170. The van der Waals surface area contributed by atoms with Crippen LogP contribution in [0.1, 0.15) is 38.8 Å². The molecule has 0 radical (unpaired) electrons. The SMILES string of the molecule is CCC1(C)NC(=O)NC1C(=O)NC(Cc1cnc[nH]1)C(=O)N1CCCC1C(N)=O. The summed E-state index contributed by atoms with van der Waals surface area (Å²) in [5.74, 6) is -1.42. The summed E-state index contributed by atoms with van der Waals surface area (Å²) in [5.41, 5.74) is 5.33. The molecule has 1 aromatic rings. The van der Waals surface area contributed by atoms with E-state index in [9.17, 15) is 19.2 Å². The van der Waals surface area contributed by atoms with Crippen LogP contribution in [0.25, 0.3) is 0 Å². The van der Waals surface area contributed by atoms with Gasteiger partial charge in [0.2, 0.25) is 17.7 Å². The van der Waals surface area contributed by atoms with Gasteiger partial charge in [-0.2, -0.15) is 0 Å². The molecule has 4 atom stereocenters. The van der Waals surface area contributed by atoms with Gasteiger partial charge in [0.05, 0.1) is 11.9 Å². The molecule has 4 unspecified atom stereocenters. The number of nitrogens with zero attached hydrogens (tertiary/aromatic N) is 2. The second kappa shape index (κ2) is 8.10. The maximum Gasteiger partial charge on any atom is 0.316 e. The second-order valence-corrected chi connectivity index (χ2v) is 7.74. The van der Waals surface area contributed by atoms with Gasteiger partial charge in [-0.05, 0) is 26.2 Å². The summed E-state index contributed by atoms with van der Waals surface area (Å²) in [6.45, 7) is 4.03. The topological polar surface area (TPSA) is 162 Å². The molecule has 0 aromatic carbocycles. The molecule has 3 rings (SSSR count). The van der Waals surface area contributed by atoms with E-state index >= 15 is 0 Å². The lowest BCUT2D eigenvalue weighted by Gasteiger charge is -2.31. The highest BCUT2D eigenvalue weighted by Crippen LogP contribution is 2.22. The van der Waals surface area contributed by atoms with Crippen LogP contribution in [0.15, 0.2) is 12.5 Å². The van der Waals surface area contributed by atoms with Gasteiger partial charge >= 0.3 is 6.03 Å². The number of imidazole rings is 1. The fourth-order valence-electron chi connectivity index (χ4n) is 3.90. The van der Waals surface area contributed by atoms with Crippen molar-refractivity contribution in [1.29, 1.82) is 0 Å². The zero-order valence-electron chi connectivity index (χ0n) is 16.5. The number of carbonyl (C=O) groups excluding carboxylic acids is 4. The van der Waals surface area contributed by atoms with Gasteiger partial charge in [-0.15, -0.1) is 0 Å². The van der Waals surface area contributed by atoms with Crippen molar-refractivity contribution in [3.63, 3.8) is 0 Å². The third-order valence-corrected chi connectivity index (χ3v) is 5.77. The number of aromatic nitrogens is 2. The molecule has 0 aliphatic carbocycles. The highest BCUT2D eigenvalue weighted by molar-refractivity contribution is 5.96. The van der Waals surface area contributed by atoms with E-state index in [1.165, 1.54) is 11.2 Å². The van der Waals surface area contributed by atoms with Crippen LogP contribution in [0, 0.1) is 0 Å². The van der Waals surface area contributed by atoms with E-state index in [-0.39, 0.29) is 12.3 Å². The van der Waals surface area contributed by atoms with Crippen molar-refractivity contribution in [3.8, 4) is 0 Å². The van der Waals surface area contributed by atoms with Gasteiger partial charge in [-0.25, -0.2) is 9.78 Å². The average molecular weight is 405 g/mol. The molecule has 3 heterocycles. The molecule has 0 saturated carbocycles. The normalized spacial score (nSPS) is 27.2. The Kier molecular flexibility index (Phi) is 5.76. The Morgan fingerprint density at radius 2 is 2.21 bits per heavy atom. The number of hydrogen-bond acceptors (Lipinski definition) is 5. The number of H-pyrrole nitrogens is 1. The smallest absolute Gasteiger partial charge is 0.316 e. The Balaban J connectivity index is 1.80. The van der Waals surface area contributed by atoms with Crippen molar-refractivity contribution in [2.24, 2.45) is 5.73 Å². The van der Waals surface area contributed by atoms with E-state index in [2.05, 4.69) is 25.9 Å². The maximum absolute atomic E-state index is 13.2. The molecule has 0 spiro atoms. The van der Waals surface area contributed by atoms with Crippen LogP contribution in [0.5, 0.6) is 0 Å². The maximum atomic E-state index is 13.2. The Morgan fingerprint density at radius 1 is 1.45 bits per heavy atom. The Labute approximate surface area is 168 Å². The largest absolute Gasteiger partial charge is 0.368 e. The number of carbonyl (C=O) groups is 4. The standard InChI is InChI=1S/C18H27N7O4/c1-3-18(2)13(23-17(29)24-18)15(27)22-11(7-10-8-20-9-21-10)16(28)25-6-4-5-12(25)14(19)26/h8-9,11-13H,3-7H2,1-2H3,(H2,19,26)(H,20,21)(H,22,27)(H2,23,24,29). The number of hydrogen-bond donors (Lipinski definition) is 5. The van der Waals surface area contributed by atoms with Gasteiger partial charge < -0.3 is 31.6 Å². The minimum Gasteiger partial charge on any atom is -0.368 e. The van der Waals surface area contributed by atoms with Gasteiger partial charge in [-0.1, -0.05) is 6.92 Å². The number of amides is 5. The second-order valence-electron chi connectivity index (χ2n) is 7.74. The predicted molar refractivity (Wildman–Crippen MR) is 102 cm³/mol. The van der Waals surface area contributed by atoms with E-state index < -0.39 is 41.5 Å². The first kappa shape index (κ1) is 20.6. The summed E-state index contributed by atoms with van der Waals surface area (Å²) in [6.07, 6.45) is 4.91. The average Bonchev–Trinajstić information content (AvgIpc) is 3.40. The number of rotatable bonds is 7. The Bertz CT molecular complexity index is 796. The van der Waals surface area contributed by atoms with E-state index in [1.54, 1.807) is 13.1 Å². The van der Waals surface area contributed by atoms with Crippen molar-refractivity contribution >= 4 is 23.8 Å². The van der Waals surface area contributed by atoms with Crippen molar-refractivity contribution in [2.45, 2.75) is 63.2 Å². The Hall–Kier alpha value is -3.11. The number of likely N-dealkylation sites (tertiary alicyclic amines) is 1. The summed E-state index contributed by atoms with van der Waals surface area (Å²) >= 11 is 0. The van der Waals surface area contributed by atoms with E-state index in [1.807, 2.05) is 6.92 Å². The molecule has 6 N–H and O–H groups in total. The van der Waals surface area contributed by atoms with E-state index in [0.29, 0.717) is 31.5 Å². The predicted octanol–water partition coefficient (Wildman–Crippen LogP) is -1.24. The van der Waals surface area contributed by atoms with Gasteiger partial charge in [0.1, 0.15) is 18.1 Å². The summed E-state index contributed by atoms with van der Waals surface area (Å²) in [6, 6.07) is -2.87. The van der Waals surface area contributed by atoms with Crippen molar-refractivity contribution in [1.82, 2.24) is 30.8 Å². The van der Waals surface area contributed by atoms with Crippen LogP contribution in [0.4, 0.5) is 4.79 Å². The third kappa shape index (κ3) is 4.17. The summed E-state index contributed by atoms with van der Waals surface area (Å²) in [7, 11) is 0. The molecule has 5 amide bonds. The van der Waals surface area contributed by atoms with Crippen molar-refractivity contribution in [3.05, 3.63) is 18.2 Å². The number of nitrogens with one attached hydrogen (secondary N) is 4. The fourth-order valence-corrected chi connectivity index (χ4v) is 3.90. The summed E-state index contributed by atoms with van der Waals surface area (Å²) in [4.78, 5) is 58.0. The molecule has 11 nitrogen and oxygen atoms in total. The van der Waals surface area contributed by atoms with Crippen LogP contribution >= 0.6 is 0 Å². The van der Waals surface area contributed by atoms with E-state index in [4.69, 9.17) is 5.73 Å². The van der Waals surface area contributed by atoms with Crippen molar-refractivity contribution in [2.75, 3.05) is 6.54 Å². The summed E-state index contributed by atoms with van der Waals surface area (Å²) in [5, 5.41) is 8.12. The third-order valence-electron chi connectivity index (χ3n) is 5.77. The molecule has 1 aromatic heterocycles. The van der Waals surface area contributed by atoms with Gasteiger partial charge in [0.25, 0.3) is 0 Å². The first-order chi connectivity index (χ1) is 13.7. The number of urea groups is 1. The molecule has 11 heteroatoms. The fraction of sp³-hybridized carbons (Fsp3) is 0.611. The van der Waals surface area contributed by atoms with Crippen LogP contribution in [0.2, 0.25) is 0 Å². The highest BCUT2D eigenvalue weighted by atomic mass is 16.2. The monoisotopic (exact) mass is 405 g/mol. The zero-order valence-corrected chi connectivity index (χ0v) is 16.5. The minimum atomic E-state index is -0.929. The van der Waals surface area contributed by atoms with Crippen LogP contribution < -0.4 is 21.7 Å². The Morgan fingerprint density at radius 3 is 2.83 bits per heavy atom. The van der Waals surface area contributed by atoms with Gasteiger partial charge in [0.15, 0.2) is 0 Å². The first-order valence-corrected chi connectivity index (χ1v) is 9.71. The van der Waals surface area contributed by atoms with Crippen LogP contribution in [0.3, 0.4) is 0 Å². The highest BCUT2D eigenvalue weighted by Gasteiger charge is 2.47. The van der Waals surface area contributed by atoms with Gasteiger partial charge in [-0.3, -0.25) is 14.4 Å². The van der Waals surface area contributed by atoms with Crippen molar-refractivity contribution < 1.29 is 19.2 Å².